The number of anilines is 1. The number of rotatable bonds is 1. The van der Waals surface area contributed by atoms with Crippen LogP contribution in [0.3, 0.4) is 0 Å². The molecule has 0 N–H and O–H groups in total. The van der Waals surface area contributed by atoms with Crippen LogP contribution in [0.4, 0.5) is 14.5 Å². The van der Waals surface area contributed by atoms with Gasteiger partial charge in [0.25, 0.3) is 0 Å². The topological polar surface area (TPSA) is 3.24 Å². The second-order valence-electron chi connectivity index (χ2n) is 3.97. The summed E-state index contributed by atoms with van der Waals surface area (Å²) >= 11 is 0. The van der Waals surface area contributed by atoms with E-state index in [9.17, 15) is 8.78 Å². The fraction of sp³-hybridized carbons (Fsp3) is 0.455. The standard InChI is InChI=1S/C11H13F2N/c1-8-2-3-14(7-8)11-5-9(12)4-10(13)6-11/h4-6,8H,2-3,7H2,1H3. The molecule has 1 aromatic carbocycles. The summed E-state index contributed by atoms with van der Waals surface area (Å²) in [5.41, 5.74) is 0.659. The molecule has 1 heterocycles. The third-order valence-corrected chi connectivity index (χ3v) is 2.64. The lowest BCUT2D eigenvalue weighted by molar-refractivity contribution is 0.582. The summed E-state index contributed by atoms with van der Waals surface area (Å²) in [7, 11) is 0. The molecular weight excluding hydrogens is 184 g/mol. The maximum Gasteiger partial charge on any atom is 0.128 e. The first-order chi connectivity index (χ1) is 6.65. The molecule has 0 amide bonds. The van der Waals surface area contributed by atoms with Gasteiger partial charge in [0.05, 0.1) is 0 Å². The molecule has 1 unspecified atom stereocenters. The molecule has 1 atom stereocenters. The highest BCUT2D eigenvalue weighted by Crippen LogP contribution is 2.24. The predicted molar refractivity (Wildman–Crippen MR) is 52.4 cm³/mol. The van der Waals surface area contributed by atoms with Crippen molar-refractivity contribution in [3.05, 3.63) is 29.8 Å². The highest BCUT2D eigenvalue weighted by atomic mass is 19.1. The smallest absolute Gasteiger partial charge is 0.128 e. The van der Waals surface area contributed by atoms with E-state index in [0.717, 1.165) is 25.6 Å². The van der Waals surface area contributed by atoms with E-state index in [2.05, 4.69) is 6.92 Å². The van der Waals surface area contributed by atoms with Gasteiger partial charge in [0, 0.05) is 24.8 Å². The zero-order valence-corrected chi connectivity index (χ0v) is 8.13. The van der Waals surface area contributed by atoms with Crippen LogP contribution in [0.5, 0.6) is 0 Å². The normalized spacial score (nSPS) is 21.6. The Morgan fingerprint density at radius 2 is 1.86 bits per heavy atom. The molecule has 0 spiro atoms. The van der Waals surface area contributed by atoms with Crippen molar-refractivity contribution in [3.8, 4) is 0 Å². The van der Waals surface area contributed by atoms with Crippen molar-refractivity contribution in [2.45, 2.75) is 13.3 Å². The average molecular weight is 197 g/mol. The van der Waals surface area contributed by atoms with Gasteiger partial charge in [-0.3, -0.25) is 0 Å². The van der Waals surface area contributed by atoms with Crippen LogP contribution in [0.15, 0.2) is 18.2 Å². The van der Waals surface area contributed by atoms with Crippen molar-refractivity contribution < 1.29 is 8.78 Å². The zero-order valence-electron chi connectivity index (χ0n) is 8.13. The first-order valence-electron chi connectivity index (χ1n) is 4.86. The predicted octanol–water partition coefficient (Wildman–Crippen LogP) is 2.81. The Balaban J connectivity index is 2.23. The van der Waals surface area contributed by atoms with Gasteiger partial charge in [-0.25, -0.2) is 8.78 Å². The van der Waals surface area contributed by atoms with Crippen molar-refractivity contribution in [1.82, 2.24) is 0 Å². The van der Waals surface area contributed by atoms with Crippen LogP contribution in [0.25, 0.3) is 0 Å². The molecule has 14 heavy (non-hydrogen) atoms. The number of benzene rings is 1. The molecule has 2 rings (SSSR count). The van der Waals surface area contributed by atoms with Gasteiger partial charge in [-0.2, -0.15) is 0 Å². The molecule has 1 fully saturated rings. The average Bonchev–Trinajstić information content (AvgIpc) is 2.50. The Morgan fingerprint density at radius 1 is 1.21 bits per heavy atom. The second-order valence-corrected chi connectivity index (χ2v) is 3.97. The van der Waals surface area contributed by atoms with Gasteiger partial charge < -0.3 is 4.90 Å². The van der Waals surface area contributed by atoms with Gasteiger partial charge in [-0.05, 0) is 24.5 Å². The summed E-state index contributed by atoms with van der Waals surface area (Å²) in [4.78, 5) is 2.02. The van der Waals surface area contributed by atoms with E-state index in [1.54, 1.807) is 0 Å². The third kappa shape index (κ3) is 1.86. The monoisotopic (exact) mass is 197 g/mol. The van der Waals surface area contributed by atoms with E-state index >= 15 is 0 Å². The van der Waals surface area contributed by atoms with E-state index in [1.807, 2.05) is 4.90 Å². The summed E-state index contributed by atoms with van der Waals surface area (Å²) in [6.07, 6.45) is 1.10. The van der Waals surface area contributed by atoms with Gasteiger partial charge in [0.15, 0.2) is 0 Å². The highest BCUT2D eigenvalue weighted by molar-refractivity contribution is 5.47. The molecule has 76 valence electrons. The van der Waals surface area contributed by atoms with Crippen molar-refractivity contribution in [2.75, 3.05) is 18.0 Å². The van der Waals surface area contributed by atoms with Crippen molar-refractivity contribution in [2.24, 2.45) is 5.92 Å². The third-order valence-electron chi connectivity index (χ3n) is 2.64. The first-order valence-corrected chi connectivity index (χ1v) is 4.86. The lowest BCUT2D eigenvalue weighted by Crippen LogP contribution is -2.19. The molecule has 1 aromatic rings. The number of hydrogen-bond donors (Lipinski definition) is 0. The molecule has 1 nitrogen and oxygen atoms in total. The molecule has 1 aliphatic rings. The van der Waals surface area contributed by atoms with Crippen LogP contribution in [-0.2, 0) is 0 Å². The molecular formula is C11H13F2N. The Bertz CT molecular complexity index is 318. The van der Waals surface area contributed by atoms with E-state index in [0.29, 0.717) is 11.6 Å². The van der Waals surface area contributed by atoms with Crippen molar-refractivity contribution in [1.29, 1.82) is 0 Å². The Morgan fingerprint density at radius 3 is 2.36 bits per heavy atom. The fourth-order valence-electron chi connectivity index (χ4n) is 1.89. The van der Waals surface area contributed by atoms with E-state index in [-0.39, 0.29) is 0 Å². The van der Waals surface area contributed by atoms with Gasteiger partial charge in [0.2, 0.25) is 0 Å². The maximum absolute atomic E-state index is 12.9. The van der Waals surface area contributed by atoms with Gasteiger partial charge in [-0.1, -0.05) is 6.92 Å². The Kier molecular flexibility index (Phi) is 2.40. The molecule has 3 heteroatoms. The second kappa shape index (κ2) is 3.56. The summed E-state index contributed by atoms with van der Waals surface area (Å²) in [5, 5.41) is 0. The summed E-state index contributed by atoms with van der Waals surface area (Å²) in [6, 6.07) is 3.69. The van der Waals surface area contributed by atoms with Crippen LogP contribution >= 0.6 is 0 Å². The molecule has 0 bridgehead atoms. The fourth-order valence-corrected chi connectivity index (χ4v) is 1.89. The molecule has 0 aliphatic carbocycles. The number of nitrogens with zero attached hydrogens (tertiary/aromatic N) is 1. The first kappa shape index (κ1) is 9.44. The molecule has 1 saturated heterocycles. The SMILES string of the molecule is CC1CCN(c2cc(F)cc(F)c2)C1. The van der Waals surface area contributed by atoms with Gasteiger partial charge >= 0.3 is 0 Å². The van der Waals surface area contributed by atoms with Crippen LogP contribution in [0.1, 0.15) is 13.3 Å². The van der Waals surface area contributed by atoms with E-state index in [4.69, 9.17) is 0 Å². The van der Waals surface area contributed by atoms with Crippen LogP contribution in [0, 0.1) is 17.6 Å². The lowest BCUT2D eigenvalue weighted by Gasteiger charge is -2.18. The molecule has 0 radical (unpaired) electrons. The molecule has 1 aliphatic heterocycles. The van der Waals surface area contributed by atoms with Crippen LogP contribution in [-0.4, -0.2) is 13.1 Å². The van der Waals surface area contributed by atoms with Gasteiger partial charge in [0.1, 0.15) is 11.6 Å². The summed E-state index contributed by atoms with van der Waals surface area (Å²) < 4.78 is 25.8. The lowest BCUT2D eigenvalue weighted by atomic mass is 10.2. The highest BCUT2D eigenvalue weighted by Gasteiger charge is 2.19. The Hall–Kier alpha value is -1.12. The minimum atomic E-state index is -0.500. The summed E-state index contributed by atoms with van der Waals surface area (Å²) in [6.45, 7) is 3.93. The summed E-state index contributed by atoms with van der Waals surface area (Å²) in [5.74, 6) is -0.388. The minimum absolute atomic E-state index is 0.500. The Labute approximate surface area is 82.3 Å². The van der Waals surface area contributed by atoms with E-state index < -0.39 is 11.6 Å². The van der Waals surface area contributed by atoms with Crippen LogP contribution < -0.4 is 4.90 Å². The number of hydrogen-bond acceptors (Lipinski definition) is 1. The number of halogens is 2. The maximum atomic E-state index is 12.9. The van der Waals surface area contributed by atoms with Crippen LogP contribution in [0.2, 0.25) is 0 Å². The van der Waals surface area contributed by atoms with Crippen molar-refractivity contribution in [3.63, 3.8) is 0 Å². The minimum Gasteiger partial charge on any atom is -0.371 e. The van der Waals surface area contributed by atoms with Crippen molar-refractivity contribution >= 4 is 5.69 Å². The van der Waals surface area contributed by atoms with E-state index in [1.165, 1.54) is 12.1 Å². The van der Waals surface area contributed by atoms with Gasteiger partial charge in [-0.15, -0.1) is 0 Å². The zero-order chi connectivity index (χ0) is 10.1. The molecule has 0 saturated carbocycles. The quantitative estimate of drug-likeness (QED) is 0.669. The largest absolute Gasteiger partial charge is 0.371 e. The molecule has 0 aromatic heterocycles.